The predicted octanol–water partition coefficient (Wildman–Crippen LogP) is 27.2. The first-order valence-electron chi connectivity index (χ1n) is 37.6. The van der Waals surface area contributed by atoms with Gasteiger partial charge in [0.25, 0.3) is 0 Å². The second-order valence-electron chi connectivity index (χ2n) is 26.2. The summed E-state index contributed by atoms with van der Waals surface area (Å²) in [5.74, 6) is 14.2. The van der Waals surface area contributed by atoms with Gasteiger partial charge < -0.3 is 22.3 Å². The van der Waals surface area contributed by atoms with Gasteiger partial charge in [-0.05, 0) is 104 Å². The fourth-order valence-corrected chi connectivity index (χ4v) is 7.48. The Hall–Kier alpha value is -6.94. The van der Waals surface area contributed by atoms with E-state index in [0.29, 0.717) is 70.8 Å². The number of nitrogens with zero attached hydrogens (tertiary/aromatic N) is 16. The molecular formula is C80H149N17O5S5. The van der Waals surface area contributed by atoms with Gasteiger partial charge in [0.2, 0.25) is 23.6 Å². The van der Waals surface area contributed by atoms with Crippen molar-refractivity contribution in [2.24, 2.45) is 23.7 Å². The van der Waals surface area contributed by atoms with Crippen molar-refractivity contribution in [3.63, 3.8) is 0 Å². The van der Waals surface area contributed by atoms with Gasteiger partial charge in [-0.15, -0.1) is 43.1 Å². The Balaban J connectivity index is -0.000000164. The minimum Gasteiger partial charge on any atom is -0.473 e. The molecule has 22 nitrogen and oxygen atoms in total. The molecule has 0 aliphatic carbocycles. The van der Waals surface area contributed by atoms with Gasteiger partial charge in [-0.1, -0.05) is 258 Å². The maximum Gasteiger partial charge on any atom is 0.229 e. The number of nitrogens with one attached hydrogen (secondary N) is 1. The van der Waals surface area contributed by atoms with Crippen molar-refractivity contribution < 1.29 is 22.3 Å². The highest BCUT2D eigenvalue weighted by Gasteiger charge is 2.09. The van der Waals surface area contributed by atoms with E-state index in [1.807, 2.05) is 172 Å². The van der Waals surface area contributed by atoms with Crippen molar-refractivity contribution in [1.82, 2.24) is 84.5 Å². The Kier molecular flexibility index (Phi) is 86.7. The zero-order chi connectivity index (χ0) is 84.4. The van der Waals surface area contributed by atoms with E-state index in [1.165, 1.54) is 35.7 Å². The van der Waals surface area contributed by atoms with Gasteiger partial charge in [-0.25, -0.2) is 19.9 Å². The minimum atomic E-state index is 0.339. The SMILES string of the molecule is CC.CC.CC.CC.CC(C)C.CC(C)C.CC(C)C.CC(C)C.Cc1nc(C(C)C)n[nH]1.Cc1nc(C(C)C)no1.Cc1nc(C(C)C)ns1.Cc1nnc(C(C)C)o1.Cc1nnc(C(C)C)s1.Cc1noc(C(C)C)n1.Cc1nsc(C(C)C)n1.c1ccoc1.c1ccsc1.c1cocn1.c1cscn1. The molecule has 0 aromatic carbocycles. The summed E-state index contributed by atoms with van der Waals surface area (Å²) in [5, 5.41) is 39.9. The lowest BCUT2D eigenvalue weighted by atomic mass is 10.2. The summed E-state index contributed by atoms with van der Waals surface area (Å²) >= 11 is 7.96. The Bertz CT molecular complexity index is 2680. The number of aromatic nitrogens is 17. The molecule has 107 heavy (non-hydrogen) atoms. The first-order chi connectivity index (χ1) is 50.3. The summed E-state index contributed by atoms with van der Waals surface area (Å²) in [6, 6.07) is 7.70. The lowest BCUT2D eigenvalue weighted by Crippen LogP contribution is -1.89. The molecule has 0 aliphatic heterocycles. The molecule has 11 aromatic heterocycles. The van der Waals surface area contributed by atoms with Crippen molar-refractivity contribution >= 4 is 57.1 Å². The molecule has 1 N–H and O–H groups in total. The molecule has 0 unspecified atom stereocenters. The van der Waals surface area contributed by atoms with Crippen molar-refractivity contribution in [3.8, 4) is 0 Å². The monoisotopic (exact) mass is 1590 g/mol. The van der Waals surface area contributed by atoms with Crippen molar-refractivity contribution in [1.29, 1.82) is 0 Å². The first kappa shape index (κ1) is 116. The van der Waals surface area contributed by atoms with Gasteiger partial charge in [-0.2, -0.15) is 35.2 Å². The van der Waals surface area contributed by atoms with Crippen LogP contribution in [0.3, 0.4) is 0 Å². The smallest absolute Gasteiger partial charge is 0.229 e. The summed E-state index contributed by atoms with van der Waals surface area (Å²) < 4.78 is 32.0. The van der Waals surface area contributed by atoms with E-state index in [9.17, 15) is 0 Å². The largest absolute Gasteiger partial charge is 0.473 e. The number of rotatable bonds is 7. The van der Waals surface area contributed by atoms with Crippen LogP contribution in [0.2, 0.25) is 0 Å². The molecule has 0 aliphatic rings. The lowest BCUT2D eigenvalue weighted by Gasteiger charge is -1.92. The van der Waals surface area contributed by atoms with Crippen molar-refractivity contribution in [2.45, 2.75) is 325 Å². The molecule has 0 spiro atoms. The molecule has 11 heterocycles. The molecule has 0 amide bonds. The van der Waals surface area contributed by atoms with Crippen molar-refractivity contribution in [2.75, 3.05) is 0 Å². The molecule has 0 radical (unpaired) electrons. The van der Waals surface area contributed by atoms with Crippen LogP contribution in [0, 0.1) is 72.1 Å². The number of thiazole rings is 1. The van der Waals surface area contributed by atoms with E-state index in [-0.39, 0.29) is 0 Å². The summed E-state index contributed by atoms with van der Waals surface area (Å²) in [6.07, 6.45) is 9.49. The molecule has 0 saturated carbocycles. The number of H-pyrrole nitrogens is 1. The second kappa shape index (κ2) is 80.1. The lowest BCUT2D eigenvalue weighted by molar-refractivity contribution is 0.362. The van der Waals surface area contributed by atoms with Crippen molar-refractivity contribution in [3.05, 3.63) is 162 Å². The molecule has 0 atom stereocenters. The van der Waals surface area contributed by atoms with Crippen LogP contribution in [0.5, 0.6) is 0 Å². The Morgan fingerprint density at radius 2 is 0.869 bits per heavy atom. The third kappa shape index (κ3) is 86.2. The van der Waals surface area contributed by atoms with Crippen LogP contribution in [0.25, 0.3) is 0 Å². The molecule has 11 rings (SSSR count). The molecule has 0 bridgehead atoms. The van der Waals surface area contributed by atoms with Crippen LogP contribution in [0.15, 0.2) is 106 Å². The molecule has 11 aromatic rings. The minimum absolute atomic E-state index is 0.339. The van der Waals surface area contributed by atoms with E-state index in [0.717, 1.165) is 72.8 Å². The molecule has 0 saturated heterocycles. The van der Waals surface area contributed by atoms with Gasteiger partial charge in [0, 0.05) is 66.8 Å². The quantitative estimate of drug-likeness (QED) is 0.155. The Labute approximate surface area is 670 Å². The number of furan rings is 1. The van der Waals surface area contributed by atoms with Crippen LogP contribution >= 0.6 is 57.1 Å². The highest BCUT2D eigenvalue weighted by Crippen LogP contribution is 2.18. The fraction of sp³-hybridized carbons (Fsp3) is 0.650. The zero-order valence-corrected chi connectivity index (χ0v) is 78.3. The highest BCUT2D eigenvalue weighted by molar-refractivity contribution is 7.11. The van der Waals surface area contributed by atoms with Gasteiger partial charge >= 0.3 is 0 Å². The van der Waals surface area contributed by atoms with Crippen LogP contribution in [-0.2, 0) is 0 Å². The summed E-state index contributed by atoms with van der Waals surface area (Å²) in [5.41, 5.74) is 1.79. The fourth-order valence-electron chi connectivity index (χ4n) is 4.71. The van der Waals surface area contributed by atoms with E-state index in [4.69, 9.17) is 13.5 Å². The number of oxazole rings is 1. The summed E-state index contributed by atoms with van der Waals surface area (Å²) in [6.45, 7) is 84.2. The average Bonchev–Trinajstić information content (AvgIpc) is 1.85. The predicted molar refractivity (Wildman–Crippen MR) is 460 cm³/mol. The maximum atomic E-state index is 5.12. The van der Waals surface area contributed by atoms with Crippen LogP contribution in [0.1, 0.15) is 355 Å². The molecule has 0 fully saturated rings. The number of thiophene rings is 1. The zero-order valence-electron chi connectivity index (χ0n) is 74.2. The first-order valence-corrected chi connectivity index (χ1v) is 41.9. The number of hydrogen-bond acceptors (Lipinski definition) is 26. The number of hydrogen-bond donors (Lipinski definition) is 1. The normalized spacial score (nSPS) is 9.35. The maximum absolute atomic E-state index is 5.12. The number of aromatic amines is 1. The Morgan fingerprint density at radius 1 is 0.364 bits per heavy atom. The molecule has 614 valence electrons. The third-order valence-electron chi connectivity index (χ3n) is 8.94. The van der Waals surface area contributed by atoms with Gasteiger partial charge in [0.1, 0.15) is 43.8 Å². The van der Waals surface area contributed by atoms with Crippen LogP contribution in [-0.4, -0.2) is 84.5 Å². The van der Waals surface area contributed by atoms with E-state index >= 15 is 0 Å². The topological polar surface area (TPSA) is 288 Å². The van der Waals surface area contributed by atoms with Crippen LogP contribution < -0.4 is 0 Å². The van der Waals surface area contributed by atoms with Gasteiger partial charge in [0.05, 0.1) is 24.2 Å². The van der Waals surface area contributed by atoms with Gasteiger partial charge in [0.15, 0.2) is 23.9 Å². The second-order valence-corrected chi connectivity index (χ2v) is 30.8. The summed E-state index contributed by atoms with van der Waals surface area (Å²) in [7, 11) is 0. The standard InChI is InChI=1S/C6H11N3.3C6H10N2O.3C6H10N2S.C4H4O.C4H4S.4C4H10.C3H3NO.C3H3NS.4C2H6/c1-4(2)6-7-5(3)8-9-6;1-4(2)6-8-7-5(3)9-6;1-4(2)6-7-5(3)9-8-6;1-4(2)6-7-5(3)8-9-6;1-4(2)6-8-7-5(3)9-6;1-4(2)6-7-5(3)9-8-6;1-4(2)6-7-5(3)8-9-6;2*1-2-4-5-3-1;4*1-4(2)3;2*1-2-5-3-4-1;4*1-2/h4H,1-3H3,(H,7,8,9);6*4H,1-3H3;2*1-4H;4*4H,1-3H3;2*1-3H;4*1-2H3. The van der Waals surface area contributed by atoms with E-state index in [2.05, 4.69) is 232 Å². The average molecular weight is 1590 g/mol. The third-order valence-corrected chi connectivity index (χ3v) is 13.0. The highest BCUT2D eigenvalue weighted by atomic mass is 32.1. The Morgan fingerprint density at radius 3 is 1.04 bits per heavy atom. The van der Waals surface area contributed by atoms with Gasteiger partial charge in [-0.3, -0.25) is 10.1 Å². The van der Waals surface area contributed by atoms with E-state index < -0.39 is 0 Å². The molecular weight excluding hydrogens is 1440 g/mol. The number of aryl methyl sites for hydroxylation is 7. The van der Waals surface area contributed by atoms with E-state index in [1.54, 1.807) is 78.3 Å². The molecule has 27 heteroatoms. The summed E-state index contributed by atoms with van der Waals surface area (Å²) in [4.78, 5) is 27.9. The van der Waals surface area contributed by atoms with Crippen LogP contribution in [0.4, 0.5) is 0 Å².